The molecule has 5 nitrogen and oxygen atoms in total. The first kappa shape index (κ1) is 18.1. The molecule has 4 aromatic rings. The minimum absolute atomic E-state index is 0.0423. The van der Waals surface area contributed by atoms with Crippen molar-refractivity contribution in [1.29, 1.82) is 0 Å². The van der Waals surface area contributed by atoms with Gasteiger partial charge in [0.15, 0.2) is 5.13 Å². The molecular formula is C22H18N2O3S. The Morgan fingerprint density at radius 1 is 1.04 bits per heavy atom. The van der Waals surface area contributed by atoms with E-state index in [1.165, 1.54) is 22.5 Å². The SMILES string of the molecule is Cc1ccc(-c2nc(NC(=O)c3cc4ccccc4oc3=O)sc2C)cc1C. The lowest BCUT2D eigenvalue weighted by Crippen LogP contribution is -2.20. The van der Waals surface area contributed by atoms with Crippen LogP contribution >= 0.6 is 11.3 Å². The first-order valence-electron chi connectivity index (χ1n) is 8.81. The van der Waals surface area contributed by atoms with Crippen molar-refractivity contribution in [3.63, 3.8) is 0 Å². The monoisotopic (exact) mass is 390 g/mol. The van der Waals surface area contributed by atoms with Crippen molar-refractivity contribution < 1.29 is 9.21 Å². The molecule has 1 amide bonds. The number of hydrogen-bond donors (Lipinski definition) is 1. The summed E-state index contributed by atoms with van der Waals surface area (Å²) in [5, 5.41) is 3.87. The van der Waals surface area contributed by atoms with E-state index in [0.29, 0.717) is 16.1 Å². The number of aromatic nitrogens is 1. The molecule has 6 heteroatoms. The van der Waals surface area contributed by atoms with Crippen molar-refractivity contribution >= 4 is 33.3 Å². The predicted octanol–water partition coefficient (Wildman–Crippen LogP) is 5.09. The molecular weight excluding hydrogens is 372 g/mol. The Kier molecular flexibility index (Phi) is 4.57. The predicted molar refractivity (Wildman–Crippen MR) is 112 cm³/mol. The molecule has 0 aliphatic carbocycles. The first-order valence-corrected chi connectivity index (χ1v) is 9.63. The third-order valence-corrected chi connectivity index (χ3v) is 5.57. The number of nitrogens with one attached hydrogen (secondary N) is 1. The van der Waals surface area contributed by atoms with Gasteiger partial charge in [0.2, 0.25) is 0 Å². The van der Waals surface area contributed by atoms with Gasteiger partial charge in [-0.25, -0.2) is 9.78 Å². The fourth-order valence-corrected chi connectivity index (χ4v) is 3.82. The number of hydrogen-bond acceptors (Lipinski definition) is 5. The molecule has 2 aromatic carbocycles. The molecule has 0 unspecified atom stereocenters. The molecule has 0 bridgehead atoms. The lowest BCUT2D eigenvalue weighted by atomic mass is 10.0. The Morgan fingerprint density at radius 3 is 2.61 bits per heavy atom. The van der Waals surface area contributed by atoms with E-state index in [2.05, 4.69) is 36.3 Å². The van der Waals surface area contributed by atoms with Crippen molar-refractivity contribution in [3.8, 4) is 11.3 Å². The Balaban J connectivity index is 1.65. The van der Waals surface area contributed by atoms with E-state index in [1.54, 1.807) is 24.3 Å². The summed E-state index contributed by atoms with van der Waals surface area (Å²) in [5.41, 5.74) is 3.97. The zero-order valence-electron chi connectivity index (χ0n) is 15.7. The van der Waals surface area contributed by atoms with Gasteiger partial charge in [-0.2, -0.15) is 0 Å². The van der Waals surface area contributed by atoms with Gasteiger partial charge in [-0.15, -0.1) is 11.3 Å². The lowest BCUT2D eigenvalue weighted by Gasteiger charge is -2.04. The Labute approximate surface area is 165 Å². The summed E-state index contributed by atoms with van der Waals surface area (Å²) in [6.45, 7) is 6.08. The second-order valence-corrected chi connectivity index (χ2v) is 7.87. The van der Waals surface area contributed by atoms with E-state index in [-0.39, 0.29) is 5.56 Å². The molecule has 4 rings (SSSR count). The number of aryl methyl sites for hydroxylation is 3. The van der Waals surface area contributed by atoms with Crippen molar-refractivity contribution in [2.45, 2.75) is 20.8 Å². The third kappa shape index (κ3) is 3.34. The van der Waals surface area contributed by atoms with Crippen molar-refractivity contribution in [2.24, 2.45) is 0 Å². The highest BCUT2D eigenvalue weighted by Gasteiger charge is 2.17. The van der Waals surface area contributed by atoms with Gasteiger partial charge in [0.05, 0.1) is 5.69 Å². The fraction of sp³-hybridized carbons (Fsp3) is 0.136. The molecule has 0 saturated heterocycles. The summed E-state index contributed by atoms with van der Waals surface area (Å²) >= 11 is 1.38. The van der Waals surface area contributed by atoms with Gasteiger partial charge < -0.3 is 4.42 Å². The molecule has 1 N–H and O–H groups in total. The van der Waals surface area contributed by atoms with Gasteiger partial charge in [0, 0.05) is 15.8 Å². The van der Waals surface area contributed by atoms with Gasteiger partial charge in [0.1, 0.15) is 11.1 Å². The highest BCUT2D eigenvalue weighted by molar-refractivity contribution is 7.16. The molecule has 0 atom stereocenters. The maximum Gasteiger partial charge on any atom is 0.349 e. The molecule has 2 aromatic heterocycles. The van der Waals surface area contributed by atoms with Gasteiger partial charge in [-0.3, -0.25) is 10.1 Å². The van der Waals surface area contributed by atoms with E-state index >= 15 is 0 Å². The summed E-state index contributed by atoms with van der Waals surface area (Å²) in [6, 6.07) is 14.8. The van der Waals surface area contributed by atoms with Crippen molar-refractivity contribution in [1.82, 2.24) is 4.98 Å². The second-order valence-electron chi connectivity index (χ2n) is 6.66. The highest BCUT2D eigenvalue weighted by Crippen LogP contribution is 2.31. The quantitative estimate of drug-likeness (QED) is 0.494. The number of rotatable bonds is 3. The van der Waals surface area contributed by atoms with Crippen molar-refractivity contribution in [3.05, 3.63) is 80.5 Å². The number of thiazole rings is 1. The highest BCUT2D eigenvalue weighted by atomic mass is 32.1. The molecule has 0 saturated carbocycles. The number of nitrogens with zero attached hydrogens (tertiary/aromatic N) is 1. The van der Waals surface area contributed by atoms with Crippen LogP contribution in [0, 0.1) is 20.8 Å². The topological polar surface area (TPSA) is 72.2 Å². The van der Waals surface area contributed by atoms with Crippen LogP contribution in [0.4, 0.5) is 5.13 Å². The van der Waals surface area contributed by atoms with Crippen LogP contribution in [-0.2, 0) is 0 Å². The number of anilines is 1. The zero-order valence-corrected chi connectivity index (χ0v) is 16.5. The van der Waals surface area contributed by atoms with Crippen LogP contribution in [0.5, 0.6) is 0 Å². The normalized spacial score (nSPS) is 11.0. The van der Waals surface area contributed by atoms with Crippen LogP contribution in [-0.4, -0.2) is 10.9 Å². The minimum Gasteiger partial charge on any atom is -0.422 e. The minimum atomic E-state index is -0.668. The Hall–Kier alpha value is -3.25. The van der Waals surface area contributed by atoms with E-state index < -0.39 is 11.5 Å². The van der Waals surface area contributed by atoms with E-state index in [0.717, 1.165) is 16.1 Å². The fourth-order valence-electron chi connectivity index (χ4n) is 2.99. The van der Waals surface area contributed by atoms with Gasteiger partial charge in [-0.05, 0) is 50.1 Å². The Bertz CT molecular complexity index is 1270. The van der Waals surface area contributed by atoms with Crippen LogP contribution in [0.1, 0.15) is 26.4 Å². The summed E-state index contributed by atoms with van der Waals surface area (Å²) in [6.07, 6.45) is 0. The Morgan fingerprint density at radius 2 is 1.82 bits per heavy atom. The molecule has 0 spiro atoms. The van der Waals surface area contributed by atoms with Gasteiger partial charge >= 0.3 is 5.63 Å². The number of benzene rings is 2. The summed E-state index contributed by atoms with van der Waals surface area (Å²) in [7, 11) is 0. The van der Waals surface area contributed by atoms with Crippen molar-refractivity contribution in [2.75, 3.05) is 5.32 Å². The number of carbonyl (C=O) groups is 1. The zero-order chi connectivity index (χ0) is 19.8. The smallest absolute Gasteiger partial charge is 0.349 e. The average molecular weight is 390 g/mol. The lowest BCUT2D eigenvalue weighted by molar-refractivity contribution is 0.102. The average Bonchev–Trinajstić information content (AvgIpc) is 3.03. The number of fused-ring (bicyclic) bond motifs is 1. The molecule has 28 heavy (non-hydrogen) atoms. The van der Waals surface area contributed by atoms with E-state index in [4.69, 9.17) is 4.42 Å². The number of amides is 1. The van der Waals surface area contributed by atoms with Gasteiger partial charge in [0.25, 0.3) is 5.91 Å². The van der Waals surface area contributed by atoms with E-state index in [1.807, 2.05) is 19.1 Å². The van der Waals surface area contributed by atoms with Crippen LogP contribution in [0.15, 0.2) is 57.7 Å². The second kappa shape index (κ2) is 7.05. The summed E-state index contributed by atoms with van der Waals surface area (Å²) in [4.78, 5) is 30.4. The van der Waals surface area contributed by atoms with Crippen LogP contribution in [0.25, 0.3) is 22.2 Å². The number of para-hydroxylation sites is 1. The summed E-state index contributed by atoms with van der Waals surface area (Å²) in [5.74, 6) is -0.528. The summed E-state index contributed by atoms with van der Waals surface area (Å²) < 4.78 is 5.24. The van der Waals surface area contributed by atoms with Crippen LogP contribution in [0.2, 0.25) is 0 Å². The standard InChI is InChI=1S/C22H18N2O3S/c1-12-8-9-16(10-13(12)2)19-14(3)28-22(23-19)24-20(25)17-11-15-6-4-5-7-18(15)27-21(17)26/h4-11H,1-3H3,(H,23,24,25). The number of carbonyl (C=O) groups excluding carboxylic acids is 1. The molecule has 0 aliphatic rings. The van der Waals surface area contributed by atoms with Crippen LogP contribution < -0.4 is 10.9 Å². The molecule has 0 fully saturated rings. The molecule has 0 aliphatic heterocycles. The molecule has 2 heterocycles. The maximum absolute atomic E-state index is 12.6. The van der Waals surface area contributed by atoms with Crippen LogP contribution in [0.3, 0.4) is 0 Å². The van der Waals surface area contributed by atoms with Gasteiger partial charge in [-0.1, -0.05) is 30.3 Å². The molecule has 140 valence electrons. The molecule has 0 radical (unpaired) electrons. The largest absolute Gasteiger partial charge is 0.422 e. The van der Waals surface area contributed by atoms with E-state index in [9.17, 15) is 9.59 Å². The first-order chi connectivity index (χ1) is 13.4. The third-order valence-electron chi connectivity index (χ3n) is 4.68. The maximum atomic E-state index is 12.6.